The smallest absolute Gasteiger partial charge is 0.252 e. The molecule has 1 fully saturated rings. The molecule has 1 aromatic heterocycles. The van der Waals surface area contributed by atoms with E-state index in [9.17, 15) is 4.79 Å². The summed E-state index contributed by atoms with van der Waals surface area (Å²) in [6.07, 6.45) is 2.56. The molecule has 18 heavy (non-hydrogen) atoms. The van der Waals surface area contributed by atoms with Gasteiger partial charge in [-0.25, -0.2) is 0 Å². The van der Waals surface area contributed by atoms with Gasteiger partial charge in [0.1, 0.15) is 0 Å². The second kappa shape index (κ2) is 3.87. The molecule has 1 aliphatic rings. The van der Waals surface area contributed by atoms with E-state index in [1.165, 1.54) is 12.8 Å². The maximum Gasteiger partial charge on any atom is 0.252 e. The van der Waals surface area contributed by atoms with Crippen LogP contribution in [0.5, 0.6) is 0 Å². The van der Waals surface area contributed by atoms with Gasteiger partial charge in [-0.15, -0.1) is 0 Å². The second-order valence-electron chi connectivity index (χ2n) is 5.64. The van der Waals surface area contributed by atoms with Crippen LogP contribution in [0.1, 0.15) is 19.8 Å². The minimum Gasteiger partial charge on any atom is -0.384 e. The lowest BCUT2D eigenvalue weighted by atomic mass is 10.1. The van der Waals surface area contributed by atoms with Gasteiger partial charge in [0, 0.05) is 30.7 Å². The number of hydrogen-bond acceptors (Lipinski definition) is 2. The summed E-state index contributed by atoms with van der Waals surface area (Å²) in [5.74, 6) is 0. The molecule has 3 rings (SSSR count). The molecule has 0 spiro atoms. The van der Waals surface area contributed by atoms with Crippen LogP contribution >= 0.6 is 0 Å². The van der Waals surface area contributed by atoms with E-state index in [0.717, 1.165) is 23.1 Å². The van der Waals surface area contributed by atoms with Gasteiger partial charge >= 0.3 is 0 Å². The van der Waals surface area contributed by atoms with Crippen LogP contribution in [-0.4, -0.2) is 11.1 Å². The number of aryl methyl sites for hydroxylation is 1. The van der Waals surface area contributed by atoms with E-state index in [1.54, 1.807) is 10.6 Å². The standard InChI is InChI=1S/C15H18N2O/c1-15(7-8-15)10-16-12-9-14(18)17(2)13-6-4-3-5-11(12)13/h3-6,9,16H,7-8,10H2,1-2H3. The molecule has 0 bridgehead atoms. The Hall–Kier alpha value is -1.77. The van der Waals surface area contributed by atoms with Crippen LogP contribution in [-0.2, 0) is 7.05 Å². The number of pyridine rings is 1. The van der Waals surface area contributed by atoms with Gasteiger partial charge in [0.2, 0.25) is 0 Å². The summed E-state index contributed by atoms with van der Waals surface area (Å²) in [5.41, 5.74) is 2.41. The molecule has 0 radical (unpaired) electrons. The molecule has 0 saturated heterocycles. The van der Waals surface area contributed by atoms with Crippen LogP contribution in [0.2, 0.25) is 0 Å². The molecular formula is C15H18N2O. The highest BCUT2D eigenvalue weighted by Crippen LogP contribution is 2.44. The van der Waals surface area contributed by atoms with Gasteiger partial charge in [0.25, 0.3) is 5.56 Å². The Morgan fingerprint density at radius 1 is 1.33 bits per heavy atom. The van der Waals surface area contributed by atoms with Crippen LogP contribution in [0.4, 0.5) is 5.69 Å². The molecule has 0 aliphatic heterocycles. The highest BCUT2D eigenvalue weighted by Gasteiger charge is 2.36. The van der Waals surface area contributed by atoms with Crippen molar-refractivity contribution < 1.29 is 0 Å². The Bertz CT molecular complexity index is 653. The molecule has 1 saturated carbocycles. The number of fused-ring (bicyclic) bond motifs is 1. The fourth-order valence-electron chi connectivity index (χ4n) is 2.26. The fraction of sp³-hybridized carbons (Fsp3) is 0.400. The molecular weight excluding hydrogens is 224 g/mol. The molecule has 0 amide bonds. The van der Waals surface area contributed by atoms with Crippen LogP contribution < -0.4 is 10.9 Å². The number of hydrogen-bond donors (Lipinski definition) is 1. The SMILES string of the molecule is Cn1c(=O)cc(NCC2(C)CC2)c2ccccc21. The van der Waals surface area contributed by atoms with Gasteiger partial charge in [0.15, 0.2) is 0 Å². The zero-order valence-electron chi connectivity index (χ0n) is 10.9. The minimum absolute atomic E-state index is 0.0390. The maximum absolute atomic E-state index is 11.9. The molecule has 2 aromatic rings. The number of para-hydroxylation sites is 1. The summed E-state index contributed by atoms with van der Waals surface area (Å²) < 4.78 is 1.69. The predicted octanol–water partition coefficient (Wildman–Crippen LogP) is 2.75. The lowest BCUT2D eigenvalue weighted by Crippen LogP contribution is -2.19. The lowest BCUT2D eigenvalue weighted by molar-refractivity contribution is 0.611. The second-order valence-corrected chi connectivity index (χ2v) is 5.64. The summed E-state index contributed by atoms with van der Waals surface area (Å²) in [7, 11) is 1.82. The fourth-order valence-corrected chi connectivity index (χ4v) is 2.26. The third kappa shape index (κ3) is 1.90. The van der Waals surface area contributed by atoms with E-state index < -0.39 is 0 Å². The molecule has 94 valence electrons. The van der Waals surface area contributed by atoms with E-state index >= 15 is 0 Å². The first-order valence-corrected chi connectivity index (χ1v) is 6.42. The van der Waals surface area contributed by atoms with Crippen LogP contribution in [0.15, 0.2) is 35.1 Å². The molecule has 1 aromatic carbocycles. The van der Waals surface area contributed by atoms with Crippen molar-refractivity contribution in [2.24, 2.45) is 12.5 Å². The Labute approximate surface area is 106 Å². The first-order chi connectivity index (χ1) is 8.59. The van der Waals surface area contributed by atoms with Crippen molar-refractivity contribution in [3.8, 4) is 0 Å². The summed E-state index contributed by atoms with van der Waals surface area (Å²) >= 11 is 0. The number of nitrogens with zero attached hydrogens (tertiary/aromatic N) is 1. The average molecular weight is 242 g/mol. The summed E-state index contributed by atoms with van der Waals surface area (Å²) in [4.78, 5) is 11.9. The lowest BCUT2D eigenvalue weighted by Gasteiger charge is -2.14. The van der Waals surface area contributed by atoms with Crippen LogP contribution in [0, 0.1) is 5.41 Å². The van der Waals surface area contributed by atoms with Gasteiger partial charge in [-0.2, -0.15) is 0 Å². The molecule has 1 N–H and O–H groups in total. The Morgan fingerprint density at radius 3 is 2.78 bits per heavy atom. The van der Waals surface area contributed by atoms with Gasteiger partial charge in [-0.1, -0.05) is 25.1 Å². The number of aromatic nitrogens is 1. The van der Waals surface area contributed by atoms with Gasteiger partial charge < -0.3 is 9.88 Å². The third-order valence-corrected chi connectivity index (χ3v) is 3.96. The topological polar surface area (TPSA) is 34.0 Å². The monoisotopic (exact) mass is 242 g/mol. The number of nitrogens with one attached hydrogen (secondary N) is 1. The molecule has 3 nitrogen and oxygen atoms in total. The first kappa shape index (κ1) is 11.3. The van der Waals surface area contributed by atoms with E-state index in [2.05, 4.69) is 18.3 Å². The highest BCUT2D eigenvalue weighted by atomic mass is 16.1. The first-order valence-electron chi connectivity index (χ1n) is 6.42. The van der Waals surface area contributed by atoms with Crippen molar-refractivity contribution in [2.75, 3.05) is 11.9 Å². The van der Waals surface area contributed by atoms with Gasteiger partial charge in [-0.3, -0.25) is 4.79 Å². The Morgan fingerprint density at radius 2 is 2.06 bits per heavy atom. The number of rotatable bonds is 3. The Kier molecular flexibility index (Phi) is 2.44. The van der Waals surface area contributed by atoms with Crippen LogP contribution in [0.25, 0.3) is 10.9 Å². The summed E-state index contributed by atoms with van der Waals surface area (Å²) in [6, 6.07) is 9.73. The molecule has 0 unspecified atom stereocenters. The van der Waals surface area contributed by atoms with Crippen LogP contribution in [0.3, 0.4) is 0 Å². The van der Waals surface area contributed by atoms with E-state index in [0.29, 0.717) is 5.41 Å². The minimum atomic E-state index is 0.0390. The van der Waals surface area contributed by atoms with Crippen molar-refractivity contribution in [1.82, 2.24) is 4.57 Å². The highest BCUT2D eigenvalue weighted by molar-refractivity contribution is 5.91. The van der Waals surface area contributed by atoms with Crippen molar-refractivity contribution in [2.45, 2.75) is 19.8 Å². The average Bonchev–Trinajstić information content (AvgIpc) is 3.11. The van der Waals surface area contributed by atoms with Crippen molar-refractivity contribution >= 4 is 16.6 Å². The van der Waals surface area contributed by atoms with E-state index in [4.69, 9.17) is 0 Å². The summed E-state index contributed by atoms with van der Waals surface area (Å²) in [6.45, 7) is 3.23. The molecule has 3 heteroatoms. The van der Waals surface area contributed by atoms with Crippen molar-refractivity contribution in [3.63, 3.8) is 0 Å². The normalized spacial score (nSPS) is 16.8. The molecule has 1 heterocycles. The largest absolute Gasteiger partial charge is 0.384 e. The molecule has 1 aliphatic carbocycles. The van der Waals surface area contributed by atoms with E-state index in [-0.39, 0.29) is 5.56 Å². The predicted molar refractivity (Wildman–Crippen MR) is 75.0 cm³/mol. The molecule has 0 atom stereocenters. The van der Waals surface area contributed by atoms with Gasteiger partial charge in [0.05, 0.1) is 5.52 Å². The quantitative estimate of drug-likeness (QED) is 0.898. The zero-order chi connectivity index (χ0) is 12.8. The van der Waals surface area contributed by atoms with Gasteiger partial charge in [-0.05, 0) is 24.3 Å². The zero-order valence-corrected chi connectivity index (χ0v) is 10.9. The van der Waals surface area contributed by atoms with Crippen molar-refractivity contribution in [3.05, 3.63) is 40.7 Å². The number of anilines is 1. The maximum atomic E-state index is 11.9. The van der Waals surface area contributed by atoms with E-state index in [1.807, 2.05) is 25.2 Å². The number of benzene rings is 1. The third-order valence-electron chi connectivity index (χ3n) is 3.96. The summed E-state index contributed by atoms with van der Waals surface area (Å²) in [5, 5.41) is 4.56. The van der Waals surface area contributed by atoms with Crippen molar-refractivity contribution in [1.29, 1.82) is 0 Å². The Balaban J connectivity index is 2.05.